The number of aliphatic carboxylic acids is 1. The van der Waals surface area contributed by atoms with Gasteiger partial charge in [0.25, 0.3) is 0 Å². The molecule has 1 aromatic carbocycles. The number of thioether (sulfide) groups is 1. The topological polar surface area (TPSA) is 115 Å². The number of hydrogen-bond donors (Lipinski definition) is 1. The van der Waals surface area contributed by atoms with Crippen molar-refractivity contribution in [1.82, 2.24) is 15.0 Å². The maximum absolute atomic E-state index is 13.3. The van der Waals surface area contributed by atoms with Crippen molar-refractivity contribution in [2.45, 2.75) is 25.5 Å². The van der Waals surface area contributed by atoms with Crippen molar-refractivity contribution >= 4 is 47.4 Å². The van der Waals surface area contributed by atoms with E-state index in [1.807, 2.05) is 48.5 Å². The van der Waals surface area contributed by atoms with Crippen molar-refractivity contribution in [1.29, 1.82) is 0 Å². The number of anilines is 3. The monoisotopic (exact) mass is 586 g/mol. The number of pyridine rings is 1. The molecule has 4 heterocycles. The summed E-state index contributed by atoms with van der Waals surface area (Å²) in [5.74, 6) is 1.00. The Morgan fingerprint density at radius 3 is 2.31 bits per heavy atom. The summed E-state index contributed by atoms with van der Waals surface area (Å²) in [7, 11) is 0. The standard InChI is InChI=1S/C31H35N7O3S/c1-23-10-13-38(14-11-23)31-34-26(19-28(35-31)37-17-15-36(16-18-37)27-9-5-6-12-32-27)29(39)33-20-25(30(40)41)22-42-21-24-7-3-2-4-8-24/h2-9,12,19,23,25H,10-11,13-18,21-22H2,1H3/p+1. The Morgan fingerprint density at radius 2 is 1.64 bits per heavy atom. The largest absolute Gasteiger partial charge is 0.479 e. The van der Waals surface area contributed by atoms with Gasteiger partial charge in [0.15, 0.2) is 0 Å². The van der Waals surface area contributed by atoms with E-state index in [-0.39, 0.29) is 11.4 Å². The van der Waals surface area contributed by atoms with Gasteiger partial charge in [-0.2, -0.15) is 21.7 Å². The number of nitrogens with zero attached hydrogens (tertiary/aromatic N) is 7. The summed E-state index contributed by atoms with van der Waals surface area (Å²) in [6.07, 6.45) is 6.45. The average Bonchev–Trinajstić information content (AvgIpc) is 3.03. The second-order valence-electron chi connectivity index (χ2n) is 10.7. The molecular formula is C31H36N7O3S+. The summed E-state index contributed by atoms with van der Waals surface area (Å²) in [6.45, 7) is 6.86. The lowest BCUT2D eigenvalue weighted by molar-refractivity contribution is -0.138. The van der Waals surface area contributed by atoms with Gasteiger partial charge in [0.05, 0.1) is 0 Å². The van der Waals surface area contributed by atoms with E-state index in [0.29, 0.717) is 36.5 Å². The average molecular weight is 587 g/mol. The van der Waals surface area contributed by atoms with Crippen LogP contribution in [-0.2, 0) is 10.5 Å². The number of piperazine rings is 1. The highest BCUT2D eigenvalue weighted by Crippen LogP contribution is 2.25. The summed E-state index contributed by atoms with van der Waals surface area (Å²) in [4.78, 5) is 49.5. The smallest absolute Gasteiger partial charge is 0.448 e. The van der Waals surface area contributed by atoms with Gasteiger partial charge in [-0.05, 0) is 36.5 Å². The molecule has 1 unspecified atom stereocenters. The zero-order valence-corrected chi connectivity index (χ0v) is 24.6. The highest BCUT2D eigenvalue weighted by Gasteiger charge is 2.29. The Balaban J connectivity index is 1.30. The molecule has 5 rings (SSSR count). The molecule has 0 radical (unpaired) electrons. The first-order valence-corrected chi connectivity index (χ1v) is 15.5. The number of aliphatic imine (C=N–C) groups is 1. The number of aromatic nitrogens is 3. The third kappa shape index (κ3) is 7.80. The lowest BCUT2D eigenvalue weighted by atomic mass is 10.00. The van der Waals surface area contributed by atoms with Gasteiger partial charge in [0.1, 0.15) is 11.6 Å². The predicted molar refractivity (Wildman–Crippen MR) is 167 cm³/mol. The minimum Gasteiger partial charge on any atom is -0.479 e. The summed E-state index contributed by atoms with van der Waals surface area (Å²) in [5, 5.41) is 9.71. The van der Waals surface area contributed by atoms with Crippen molar-refractivity contribution in [3.05, 3.63) is 72.1 Å². The number of carboxylic acids is 1. The molecule has 42 heavy (non-hydrogen) atoms. The van der Waals surface area contributed by atoms with Crippen LogP contribution in [0.2, 0.25) is 0 Å². The van der Waals surface area contributed by atoms with Crippen molar-refractivity contribution in [3.8, 4) is 0 Å². The number of piperidine rings is 1. The van der Waals surface area contributed by atoms with Crippen molar-refractivity contribution < 1.29 is 14.7 Å². The molecular weight excluding hydrogens is 550 g/mol. The van der Waals surface area contributed by atoms with Crippen LogP contribution in [0, 0.1) is 11.8 Å². The molecule has 2 aliphatic rings. The minimum atomic E-state index is -1.07. The van der Waals surface area contributed by atoms with E-state index in [1.54, 1.807) is 12.3 Å². The van der Waals surface area contributed by atoms with Gasteiger partial charge in [0, 0.05) is 68.0 Å². The predicted octanol–water partition coefficient (Wildman–Crippen LogP) is 4.16. The van der Waals surface area contributed by atoms with E-state index in [2.05, 4.69) is 42.8 Å². The van der Waals surface area contributed by atoms with Crippen molar-refractivity contribution in [2.24, 2.45) is 16.8 Å². The van der Waals surface area contributed by atoms with Crippen LogP contribution in [-0.4, -0.2) is 83.2 Å². The Kier molecular flexibility index (Phi) is 9.94. The fraction of sp³-hybridized carbons (Fsp3) is 0.419. The van der Waals surface area contributed by atoms with E-state index in [4.69, 9.17) is 4.98 Å². The van der Waals surface area contributed by atoms with Gasteiger partial charge in [-0.25, -0.2) is 9.78 Å². The summed E-state index contributed by atoms with van der Waals surface area (Å²) in [5.41, 5.74) is 1.25. The first-order chi connectivity index (χ1) is 20.5. The van der Waals surface area contributed by atoms with Crippen LogP contribution >= 0.6 is 11.8 Å². The third-order valence-corrected chi connectivity index (χ3v) is 8.69. The highest BCUT2D eigenvalue weighted by atomic mass is 32.2. The first kappa shape index (κ1) is 29.4. The zero-order chi connectivity index (χ0) is 29.3. The lowest BCUT2D eigenvalue weighted by Gasteiger charge is -2.36. The van der Waals surface area contributed by atoms with Crippen molar-refractivity contribution in [2.75, 3.05) is 59.7 Å². The molecule has 1 atom stereocenters. The number of carbonyl (C=O) groups is 2. The van der Waals surface area contributed by atoms with Crippen LogP contribution in [0.5, 0.6) is 0 Å². The van der Waals surface area contributed by atoms with Crippen LogP contribution in [0.4, 0.5) is 17.6 Å². The molecule has 2 saturated heterocycles. The summed E-state index contributed by atoms with van der Waals surface area (Å²) >= 11 is 1.47. The van der Waals surface area contributed by atoms with Gasteiger partial charge >= 0.3 is 11.9 Å². The number of amides is 1. The van der Waals surface area contributed by atoms with Crippen LogP contribution in [0.1, 0.15) is 35.8 Å². The number of carbonyl (C=O) groups excluding carboxylic acids is 1. The molecule has 2 fully saturated rings. The zero-order valence-electron chi connectivity index (χ0n) is 23.8. The van der Waals surface area contributed by atoms with E-state index >= 15 is 0 Å². The molecule has 10 nitrogen and oxygen atoms in total. The minimum absolute atomic E-state index is 0.148. The number of carboxylic acid groups (broad SMARTS) is 1. The second kappa shape index (κ2) is 14.2. The Labute approximate surface area is 250 Å². The Bertz CT molecular complexity index is 1360. The lowest BCUT2D eigenvalue weighted by Crippen LogP contribution is -2.47. The normalized spacial score (nSPS) is 16.8. The van der Waals surface area contributed by atoms with Gasteiger partial charge in [-0.15, -0.1) is 4.79 Å². The number of hydrogen-bond acceptors (Lipinski definition) is 9. The SMILES string of the molecule is CC1CCN(c2nc(C(=O)N=[C+]C(CSCc3ccccc3)C(=O)O)cc(N3CCN(c4ccccn4)CC3)n2)CC1. The van der Waals surface area contributed by atoms with E-state index in [0.717, 1.165) is 50.4 Å². The molecule has 0 spiro atoms. The van der Waals surface area contributed by atoms with Gasteiger partial charge in [-0.1, -0.05) is 43.3 Å². The fourth-order valence-electron chi connectivity index (χ4n) is 4.98. The van der Waals surface area contributed by atoms with E-state index < -0.39 is 17.8 Å². The van der Waals surface area contributed by atoms with Crippen LogP contribution < -0.4 is 14.7 Å². The van der Waals surface area contributed by atoms with Crippen LogP contribution in [0.15, 0.2) is 65.8 Å². The quantitative estimate of drug-likeness (QED) is 0.274. The molecule has 0 bridgehead atoms. The van der Waals surface area contributed by atoms with Crippen molar-refractivity contribution in [3.63, 3.8) is 0 Å². The fourth-order valence-corrected chi connectivity index (χ4v) is 5.97. The molecule has 2 aliphatic heterocycles. The Hall–Kier alpha value is -4.08. The molecule has 1 N–H and O–H groups in total. The molecule has 0 saturated carbocycles. The van der Waals surface area contributed by atoms with E-state index in [1.165, 1.54) is 11.8 Å². The van der Waals surface area contributed by atoms with Crippen LogP contribution in [0.25, 0.3) is 0 Å². The highest BCUT2D eigenvalue weighted by molar-refractivity contribution is 7.98. The molecule has 1 amide bonds. The molecule has 3 aromatic rings. The maximum atomic E-state index is 13.3. The van der Waals surface area contributed by atoms with E-state index in [9.17, 15) is 14.7 Å². The summed E-state index contributed by atoms with van der Waals surface area (Å²) < 4.78 is 0. The molecule has 218 valence electrons. The van der Waals surface area contributed by atoms with Crippen LogP contribution in [0.3, 0.4) is 0 Å². The van der Waals surface area contributed by atoms with Gasteiger partial charge in [0.2, 0.25) is 23.8 Å². The number of benzene rings is 1. The first-order valence-electron chi connectivity index (χ1n) is 14.4. The van der Waals surface area contributed by atoms with Gasteiger partial charge < -0.3 is 19.8 Å². The molecule has 0 aliphatic carbocycles. The number of rotatable bonds is 10. The van der Waals surface area contributed by atoms with Gasteiger partial charge in [-0.3, -0.25) is 0 Å². The summed E-state index contributed by atoms with van der Waals surface area (Å²) in [6, 6.07) is 17.4. The third-order valence-electron chi connectivity index (χ3n) is 7.58. The Morgan fingerprint density at radius 1 is 0.952 bits per heavy atom. The maximum Gasteiger partial charge on any atom is 0.448 e. The second-order valence-corrected chi connectivity index (χ2v) is 11.7. The molecule has 11 heteroatoms. The molecule has 2 aromatic heterocycles.